The average molecular weight is 267 g/mol. The predicted octanol–water partition coefficient (Wildman–Crippen LogP) is 4.22. The normalized spacial score (nSPS) is 19.2. The topological polar surface area (TPSA) is 38.3 Å². The van der Waals surface area contributed by atoms with Crippen LogP contribution in [0.25, 0.3) is 0 Å². The molecule has 1 N–H and O–H groups in total. The third-order valence-electron chi connectivity index (χ3n) is 3.04. The number of ether oxygens (including phenoxy) is 1. The van der Waals surface area contributed by atoms with Crippen LogP contribution in [0.2, 0.25) is 0 Å². The molecular weight excluding hydrogens is 246 g/mol. The molecule has 1 aliphatic carbocycles. The fraction of sp³-hybridized carbons (Fsp3) is 0.643. The van der Waals surface area contributed by atoms with Crippen molar-refractivity contribution in [3.63, 3.8) is 0 Å². The van der Waals surface area contributed by atoms with Gasteiger partial charge in [-0.2, -0.15) is 0 Å². The first-order chi connectivity index (χ1) is 8.35. The lowest BCUT2D eigenvalue weighted by atomic mass is 9.90. The summed E-state index contributed by atoms with van der Waals surface area (Å²) >= 11 is 1.75. The first-order valence-corrected chi connectivity index (χ1v) is 7.32. The van der Waals surface area contributed by atoms with Crippen LogP contribution in [0.4, 0.5) is 10.5 Å². The molecule has 1 atom stereocenters. The van der Waals surface area contributed by atoms with Gasteiger partial charge in [0.05, 0.1) is 5.69 Å². The van der Waals surface area contributed by atoms with Gasteiger partial charge in [0, 0.05) is 10.3 Å². The molecule has 0 aliphatic heterocycles. The number of anilines is 1. The third-order valence-corrected chi connectivity index (χ3v) is 4.09. The number of hydrogen-bond donors (Lipinski definition) is 1. The summed E-state index contributed by atoms with van der Waals surface area (Å²) < 4.78 is 5.28. The number of fused-ring (bicyclic) bond motifs is 1. The zero-order valence-corrected chi connectivity index (χ0v) is 12.3. The molecule has 4 heteroatoms. The monoisotopic (exact) mass is 267 g/mol. The van der Waals surface area contributed by atoms with Crippen LogP contribution in [-0.4, -0.2) is 11.7 Å². The molecule has 1 heterocycles. The number of carbonyl (C=O) groups is 1. The van der Waals surface area contributed by atoms with E-state index in [4.69, 9.17) is 4.74 Å². The molecule has 0 aromatic carbocycles. The molecule has 0 fully saturated rings. The lowest BCUT2D eigenvalue weighted by molar-refractivity contribution is 0.0636. The molecule has 2 rings (SSSR count). The second-order valence-electron chi connectivity index (χ2n) is 6.03. The van der Waals surface area contributed by atoms with Gasteiger partial charge in [-0.05, 0) is 51.5 Å². The average Bonchev–Trinajstić information content (AvgIpc) is 2.57. The van der Waals surface area contributed by atoms with Crippen LogP contribution in [0.3, 0.4) is 0 Å². The Morgan fingerprint density at radius 2 is 2.22 bits per heavy atom. The minimum Gasteiger partial charge on any atom is -0.444 e. The maximum atomic E-state index is 11.7. The van der Waals surface area contributed by atoms with E-state index in [2.05, 4.69) is 12.2 Å². The Kier molecular flexibility index (Phi) is 3.66. The molecule has 1 unspecified atom stereocenters. The van der Waals surface area contributed by atoms with E-state index in [0.29, 0.717) is 0 Å². The molecule has 0 bridgehead atoms. The molecule has 1 aromatic rings. The largest absolute Gasteiger partial charge is 0.444 e. The number of thiophene rings is 1. The summed E-state index contributed by atoms with van der Waals surface area (Å²) in [6.07, 6.45) is 3.04. The number of carbonyl (C=O) groups excluding carboxylic acids is 1. The fourth-order valence-corrected chi connectivity index (χ4v) is 3.39. The van der Waals surface area contributed by atoms with E-state index in [9.17, 15) is 4.79 Å². The highest BCUT2D eigenvalue weighted by molar-refractivity contribution is 7.10. The van der Waals surface area contributed by atoms with E-state index in [1.807, 2.05) is 26.2 Å². The van der Waals surface area contributed by atoms with Gasteiger partial charge in [0.1, 0.15) is 5.60 Å². The highest BCUT2D eigenvalue weighted by Gasteiger charge is 2.22. The summed E-state index contributed by atoms with van der Waals surface area (Å²) in [5.41, 5.74) is 1.80. The van der Waals surface area contributed by atoms with E-state index in [-0.39, 0.29) is 6.09 Å². The van der Waals surface area contributed by atoms with Crippen molar-refractivity contribution in [2.75, 3.05) is 5.32 Å². The molecule has 1 aliphatic rings. The van der Waals surface area contributed by atoms with Gasteiger partial charge >= 0.3 is 6.09 Å². The number of amides is 1. The molecule has 100 valence electrons. The van der Waals surface area contributed by atoms with Gasteiger partial charge in [0.25, 0.3) is 0 Å². The van der Waals surface area contributed by atoms with Crippen molar-refractivity contribution in [1.29, 1.82) is 0 Å². The minimum absolute atomic E-state index is 0.360. The summed E-state index contributed by atoms with van der Waals surface area (Å²) in [7, 11) is 0. The molecule has 18 heavy (non-hydrogen) atoms. The van der Waals surface area contributed by atoms with Crippen molar-refractivity contribution in [2.45, 2.75) is 52.6 Å². The quantitative estimate of drug-likeness (QED) is 0.827. The van der Waals surface area contributed by atoms with Crippen LogP contribution < -0.4 is 5.32 Å². The SMILES string of the molecule is CC1CCc2c(NC(=O)OC(C)(C)C)csc2C1. The number of nitrogens with one attached hydrogen (secondary N) is 1. The van der Waals surface area contributed by atoms with E-state index in [1.165, 1.54) is 16.9 Å². The third kappa shape index (κ3) is 3.25. The summed E-state index contributed by atoms with van der Waals surface area (Å²) in [6.45, 7) is 7.90. The van der Waals surface area contributed by atoms with Crippen molar-refractivity contribution in [3.8, 4) is 0 Å². The zero-order valence-electron chi connectivity index (χ0n) is 11.5. The minimum atomic E-state index is -0.450. The van der Waals surface area contributed by atoms with E-state index in [0.717, 1.165) is 24.4 Å². The molecule has 0 radical (unpaired) electrons. The Hall–Kier alpha value is -1.03. The van der Waals surface area contributed by atoms with Gasteiger partial charge in [-0.15, -0.1) is 11.3 Å². The maximum Gasteiger partial charge on any atom is 0.412 e. The van der Waals surface area contributed by atoms with Crippen molar-refractivity contribution >= 4 is 23.1 Å². The van der Waals surface area contributed by atoms with Crippen molar-refractivity contribution in [2.24, 2.45) is 5.92 Å². The smallest absolute Gasteiger partial charge is 0.412 e. The van der Waals surface area contributed by atoms with Crippen molar-refractivity contribution < 1.29 is 9.53 Å². The van der Waals surface area contributed by atoms with Crippen LogP contribution in [0.5, 0.6) is 0 Å². The van der Waals surface area contributed by atoms with Crippen molar-refractivity contribution in [3.05, 3.63) is 15.8 Å². The molecule has 0 saturated carbocycles. The Labute approximate surface area is 113 Å². The Bertz CT molecular complexity index is 445. The van der Waals surface area contributed by atoms with Gasteiger partial charge in [-0.3, -0.25) is 5.32 Å². The summed E-state index contributed by atoms with van der Waals surface area (Å²) in [5, 5.41) is 4.91. The second-order valence-corrected chi connectivity index (χ2v) is 6.99. The van der Waals surface area contributed by atoms with E-state index in [1.54, 1.807) is 11.3 Å². The Balaban J connectivity index is 2.05. The summed E-state index contributed by atoms with van der Waals surface area (Å²) in [5.74, 6) is 0.755. The summed E-state index contributed by atoms with van der Waals surface area (Å²) in [6, 6.07) is 0. The molecular formula is C14H21NO2S. The zero-order chi connectivity index (χ0) is 13.3. The Morgan fingerprint density at radius 1 is 1.50 bits per heavy atom. The first kappa shape index (κ1) is 13.4. The van der Waals surface area contributed by atoms with Crippen molar-refractivity contribution in [1.82, 2.24) is 0 Å². The van der Waals surface area contributed by atoms with Crippen LogP contribution in [0.15, 0.2) is 5.38 Å². The second kappa shape index (κ2) is 4.92. The van der Waals surface area contributed by atoms with Gasteiger partial charge in [-0.1, -0.05) is 6.92 Å². The van der Waals surface area contributed by atoms with Gasteiger partial charge < -0.3 is 4.74 Å². The highest BCUT2D eigenvalue weighted by Crippen LogP contribution is 2.35. The lowest BCUT2D eigenvalue weighted by Gasteiger charge is -2.21. The maximum absolute atomic E-state index is 11.7. The highest BCUT2D eigenvalue weighted by atomic mass is 32.1. The van der Waals surface area contributed by atoms with E-state index >= 15 is 0 Å². The molecule has 1 amide bonds. The van der Waals surface area contributed by atoms with Crippen LogP contribution in [0.1, 0.15) is 44.6 Å². The Morgan fingerprint density at radius 3 is 2.89 bits per heavy atom. The first-order valence-electron chi connectivity index (χ1n) is 6.44. The lowest BCUT2D eigenvalue weighted by Crippen LogP contribution is -2.27. The van der Waals surface area contributed by atoms with Crippen LogP contribution in [-0.2, 0) is 17.6 Å². The molecule has 0 saturated heterocycles. The molecule has 1 aromatic heterocycles. The molecule has 3 nitrogen and oxygen atoms in total. The predicted molar refractivity (Wildman–Crippen MR) is 75.4 cm³/mol. The van der Waals surface area contributed by atoms with Gasteiger partial charge in [-0.25, -0.2) is 4.79 Å². The fourth-order valence-electron chi connectivity index (χ4n) is 2.20. The van der Waals surface area contributed by atoms with E-state index < -0.39 is 5.60 Å². The standard InChI is InChI=1S/C14H21NO2S/c1-9-5-6-10-11(8-18-12(10)7-9)15-13(16)17-14(2,3)4/h8-9H,5-7H2,1-4H3,(H,15,16). The van der Waals surface area contributed by atoms with Gasteiger partial charge in [0.2, 0.25) is 0 Å². The molecule has 0 spiro atoms. The van der Waals surface area contributed by atoms with Gasteiger partial charge in [0.15, 0.2) is 0 Å². The summed E-state index contributed by atoms with van der Waals surface area (Å²) in [4.78, 5) is 13.2. The number of rotatable bonds is 1. The van der Waals surface area contributed by atoms with Crippen LogP contribution >= 0.6 is 11.3 Å². The number of hydrogen-bond acceptors (Lipinski definition) is 3. The van der Waals surface area contributed by atoms with Crippen LogP contribution in [0, 0.1) is 5.92 Å².